The molecule has 0 saturated carbocycles. The zero-order valence-corrected chi connectivity index (χ0v) is 16.3. The standard InChI is InChI=1S/C19H20N4OS2/c1-14-21-22-19(23(14)12-15-6-4-3-5-7-15)26-13-18(24)20-16-8-10-17(25-2)11-9-16/h3-11H,12-13H2,1-2H3,(H,20,24). The number of nitrogens with zero attached hydrogens (tertiary/aromatic N) is 3. The highest BCUT2D eigenvalue weighted by molar-refractivity contribution is 7.99. The summed E-state index contributed by atoms with van der Waals surface area (Å²) in [7, 11) is 0. The van der Waals surface area contributed by atoms with Crippen LogP contribution in [0.4, 0.5) is 5.69 Å². The van der Waals surface area contributed by atoms with Crippen molar-refractivity contribution < 1.29 is 4.79 Å². The Morgan fingerprint density at radius 2 is 1.81 bits per heavy atom. The minimum atomic E-state index is -0.0567. The average molecular weight is 385 g/mol. The van der Waals surface area contributed by atoms with E-state index in [-0.39, 0.29) is 11.7 Å². The molecule has 0 spiro atoms. The third-order valence-corrected chi connectivity index (χ3v) is 5.50. The van der Waals surface area contributed by atoms with E-state index in [1.54, 1.807) is 11.8 Å². The van der Waals surface area contributed by atoms with Gasteiger partial charge in [0.25, 0.3) is 0 Å². The minimum absolute atomic E-state index is 0.0567. The van der Waals surface area contributed by atoms with Crippen molar-refractivity contribution in [2.45, 2.75) is 23.5 Å². The van der Waals surface area contributed by atoms with E-state index in [2.05, 4.69) is 27.6 Å². The minimum Gasteiger partial charge on any atom is -0.325 e. The average Bonchev–Trinajstić information content (AvgIpc) is 3.01. The van der Waals surface area contributed by atoms with Gasteiger partial charge in [0.1, 0.15) is 5.82 Å². The number of benzene rings is 2. The first-order chi connectivity index (χ1) is 12.7. The van der Waals surface area contributed by atoms with E-state index in [1.165, 1.54) is 22.2 Å². The Balaban J connectivity index is 1.59. The number of nitrogens with one attached hydrogen (secondary N) is 1. The van der Waals surface area contributed by atoms with E-state index >= 15 is 0 Å². The van der Waals surface area contributed by atoms with Crippen LogP contribution in [-0.2, 0) is 11.3 Å². The molecule has 7 heteroatoms. The predicted octanol–water partition coefficient (Wildman–Crippen LogP) is 4.09. The maximum absolute atomic E-state index is 12.2. The smallest absolute Gasteiger partial charge is 0.234 e. The summed E-state index contributed by atoms with van der Waals surface area (Å²) in [5.74, 6) is 1.07. The Hall–Kier alpha value is -2.25. The molecular formula is C19H20N4OS2. The summed E-state index contributed by atoms with van der Waals surface area (Å²) >= 11 is 3.07. The fourth-order valence-electron chi connectivity index (χ4n) is 2.42. The van der Waals surface area contributed by atoms with E-state index in [9.17, 15) is 4.79 Å². The summed E-state index contributed by atoms with van der Waals surface area (Å²) in [6, 6.07) is 18.0. The molecule has 3 aromatic rings. The highest BCUT2D eigenvalue weighted by Gasteiger charge is 2.12. The molecule has 26 heavy (non-hydrogen) atoms. The molecule has 134 valence electrons. The van der Waals surface area contributed by atoms with Crippen molar-refractivity contribution in [2.24, 2.45) is 0 Å². The Labute approximate surface area is 161 Å². The number of rotatable bonds is 7. The lowest BCUT2D eigenvalue weighted by molar-refractivity contribution is -0.113. The Morgan fingerprint density at radius 3 is 2.50 bits per heavy atom. The largest absolute Gasteiger partial charge is 0.325 e. The molecule has 0 fully saturated rings. The van der Waals surface area contributed by atoms with Crippen molar-refractivity contribution in [2.75, 3.05) is 17.3 Å². The molecular weight excluding hydrogens is 364 g/mol. The van der Waals surface area contributed by atoms with Gasteiger partial charge in [-0.1, -0.05) is 42.1 Å². The lowest BCUT2D eigenvalue weighted by Gasteiger charge is -2.09. The number of aryl methyl sites for hydroxylation is 1. The van der Waals surface area contributed by atoms with Gasteiger partial charge in [0.05, 0.1) is 12.3 Å². The van der Waals surface area contributed by atoms with Crippen molar-refractivity contribution in [1.29, 1.82) is 0 Å². The summed E-state index contributed by atoms with van der Waals surface area (Å²) in [5, 5.41) is 12.0. The van der Waals surface area contributed by atoms with Crippen molar-refractivity contribution in [3.8, 4) is 0 Å². The van der Waals surface area contributed by atoms with Gasteiger partial charge >= 0.3 is 0 Å². The van der Waals surface area contributed by atoms with Gasteiger partial charge in [0.15, 0.2) is 5.16 Å². The van der Waals surface area contributed by atoms with E-state index in [1.807, 2.05) is 60.2 Å². The number of thioether (sulfide) groups is 2. The van der Waals surface area contributed by atoms with Crippen LogP contribution >= 0.6 is 23.5 Å². The fourth-order valence-corrected chi connectivity index (χ4v) is 3.61. The summed E-state index contributed by atoms with van der Waals surface area (Å²) in [4.78, 5) is 13.4. The molecule has 0 aliphatic carbocycles. The van der Waals surface area contributed by atoms with Crippen LogP contribution in [0.5, 0.6) is 0 Å². The van der Waals surface area contributed by atoms with Gasteiger partial charge in [-0.05, 0) is 43.0 Å². The Morgan fingerprint density at radius 1 is 1.08 bits per heavy atom. The lowest BCUT2D eigenvalue weighted by atomic mass is 10.2. The van der Waals surface area contributed by atoms with Crippen LogP contribution < -0.4 is 5.32 Å². The summed E-state index contributed by atoms with van der Waals surface area (Å²) in [5.41, 5.74) is 1.98. The van der Waals surface area contributed by atoms with Gasteiger partial charge in [-0.25, -0.2) is 0 Å². The fraction of sp³-hybridized carbons (Fsp3) is 0.211. The monoisotopic (exact) mass is 384 g/mol. The molecule has 0 radical (unpaired) electrons. The maximum atomic E-state index is 12.2. The second-order valence-corrected chi connectivity index (χ2v) is 7.49. The summed E-state index contributed by atoms with van der Waals surface area (Å²) in [6.07, 6.45) is 2.03. The second-order valence-electron chi connectivity index (χ2n) is 5.67. The van der Waals surface area contributed by atoms with Gasteiger partial charge in [0, 0.05) is 10.6 Å². The first-order valence-corrected chi connectivity index (χ1v) is 10.4. The van der Waals surface area contributed by atoms with E-state index < -0.39 is 0 Å². The molecule has 0 unspecified atom stereocenters. The van der Waals surface area contributed by atoms with Gasteiger partial charge in [-0.15, -0.1) is 22.0 Å². The van der Waals surface area contributed by atoms with Crippen LogP contribution in [0.15, 0.2) is 64.6 Å². The van der Waals surface area contributed by atoms with Crippen molar-refractivity contribution in [3.05, 3.63) is 66.0 Å². The van der Waals surface area contributed by atoms with Crippen LogP contribution in [0.2, 0.25) is 0 Å². The molecule has 0 atom stereocenters. The molecule has 2 aromatic carbocycles. The third kappa shape index (κ3) is 4.89. The van der Waals surface area contributed by atoms with Crippen molar-refractivity contribution in [3.63, 3.8) is 0 Å². The molecule has 0 aliphatic rings. The third-order valence-electron chi connectivity index (χ3n) is 3.79. The van der Waals surface area contributed by atoms with Crippen molar-refractivity contribution in [1.82, 2.24) is 14.8 Å². The number of aromatic nitrogens is 3. The molecule has 3 rings (SSSR count). The molecule has 5 nitrogen and oxygen atoms in total. The van der Waals surface area contributed by atoms with E-state index in [4.69, 9.17) is 0 Å². The molecule has 1 N–H and O–H groups in total. The lowest BCUT2D eigenvalue weighted by Crippen LogP contribution is -2.14. The maximum Gasteiger partial charge on any atom is 0.234 e. The van der Waals surface area contributed by atoms with Crippen LogP contribution in [-0.4, -0.2) is 32.7 Å². The number of hydrogen-bond donors (Lipinski definition) is 1. The van der Waals surface area contributed by atoms with Crippen LogP contribution in [0, 0.1) is 6.92 Å². The first-order valence-electron chi connectivity index (χ1n) is 8.16. The van der Waals surface area contributed by atoms with Crippen LogP contribution in [0.3, 0.4) is 0 Å². The molecule has 1 aromatic heterocycles. The highest BCUT2D eigenvalue weighted by Crippen LogP contribution is 2.20. The number of carbonyl (C=O) groups excluding carboxylic acids is 1. The van der Waals surface area contributed by atoms with Gasteiger partial charge in [-0.2, -0.15) is 0 Å². The summed E-state index contributed by atoms with van der Waals surface area (Å²) in [6.45, 7) is 2.62. The zero-order valence-electron chi connectivity index (χ0n) is 14.7. The number of carbonyl (C=O) groups is 1. The van der Waals surface area contributed by atoms with Gasteiger partial charge in [0.2, 0.25) is 5.91 Å². The van der Waals surface area contributed by atoms with Crippen molar-refractivity contribution >= 4 is 35.1 Å². The van der Waals surface area contributed by atoms with Crippen LogP contribution in [0.25, 0.3) is 0 Å². The molecule has 0 saturated heterocycles. The highest BCUT2D eigenvalue weighted by atomic mass is 32.2. The second kappa shape index (κ2) is 8.91. The number of hydrogen-bond acceptors (Lipinski definition) is 5. The van der Waals surface area contributed by atoms with Gasteiger partial charge < -0.3 is 9.88 Å². The molecule has 0 aliphatic heterocycles. The Kier molecular flexibility index (Phi) is 6.35. The SMILES string of the molecule is CSc1ccc(NC(=O)CSc2nnc(C)n2Cc2ccccc2)cc1. The summed E-state index contributed by atoms with van der Waals surface area (Å²) < 4.78 is 2.03. The Bertz CT molecular complexity index is 863. The molecule has 0 bridgehead atoms. The normalized spacial score (nSPS) is 10.7. The van der Waals surface area contributed by atoms with E-state index in [0.29, 0.717) is 6.54 Å². The molecule has 1 heterocycles. The molecule has 1 amide bonds. The van der Waals surface area contributed by atoms with E-state index in [0.717, 1.165) is 16.7 Å². The number of amides is 1. The first kappa shape index (κ1) is 18.5. The topological polar surface area (TPSA) is 59.8 Å². The zero-order chi connectivity index (χ0) is 18.4. The van der Waals surface area contributed by atoms with Gasteiger partial charge in [-0.3, -0.25) is 4.79 Å². The van der Waals surface area contributed by atoms with Crippen LogP contribution in [0.1, 0.15) is 11.4 Å². The quantitative estimate of drug-likeness (QED) is 0.622. The number of anilines is 1. The predicted molar refractivity (Wildman–Crippen MR) is 108 cm³/mol.